The fourth-order valence-corrected chi connectivity index (χ4v) is 4.54. The molecule has 1 aliphatic heterocycles. The Morgan fingerprint density at radius 3 is 2.70 bits per heavy atom. The predicted octanol–water partition coefficient (Wildman–Crippen LogP) is 3.62. The lowest BCUT2D eigenvalue weighted by molar-refractivity contribution is -0.133. The van der Waals surface area contributed by atoms with E-state index in [0.29, 0.717) is 10.1 Å². The van der Waals surface area contributed by atoms with Crippen LogP contribution in [0.25, 0.3) is 6.08 Å². The van der Waals surface area contributed by atoms with Gasteiger partial charge in [-0.2, -0.15) is 0 Å². The fraction of sp³-hybridized carbons (Fsp3) is 0.250. The van der Waals surface area contributed by atoms with Crippen molar-refractivity contribution >= 4 is 46.2 Å². The molecular weight excluding hydrogens is 380 g/mol. The summed E-state index contributed by atoms with van der Waals surface area (Å²) in [5.74, 6) is 0.0818. The molecule has 1 N–H and O–H groups in total. The monoisotopic (exact) mass is 400 g/mol. The normalized spacial score (nSPS) is 19.5. The number of hydrogen-bond donors (Lipinski definition) is 1. The van der Waals surface area contributed by atoms with Gasteiger partial charge in [-0.3, -0.25) is 14.5 Å². The molecule has 0 spiro atoms. The van der Waals surface area contributed by atoms with E-state index >= 15 is 0 Å². The minimum atomic E-state index is -0.697. The number of hydrogen-bond acceptors (Lipinski definition) is 5. The Kier molecular flexibility index (Phi) is 5.82. The Morgan fingerprint density at radius 2 is 2.04 bits per heavy atom. The van der Waals surface area contributed by atoms with E-state index in [1.54, 1.807) is 24.5 Å². The highest BCUT2D eigenvalue weighted by Gasteiger charge is 2.46. The van der Waals surface area contributed by atoms with Crippen molar-refractivity contribution in [2.24, 2.45) is 0 Å². The molecule has 5 nitrogen and oxygen atoms in total. The zero-order chi connectivity index (χ0) is 19.4. The molecule has 7 heteroatoms. The van der Waals surface area contributed by atoms with Gasteiger partial charge >= 0.3 is 0 Å². The molecule has 1 aromatic carbocycles. The number of thiocarbonyl (C=S) groups is 1. The number of furan rings is 1. The summed E-state index contributed by atoms with van der Waals surface area (Å²) in [7, 11) is 0. The Bertz CT molecular complexity index is 861. The minimum absolute atomic E-state index is 0.235. The average molecular weight is 401 g/mol. The van der Waals surface area contributed by atoms with Crippen LogP contribution in [0.5, 0.6) is 0 Å². The van der Waals surface area contributed by atoms with Crippen molar-refractivity contribution in [3.05, 3.63) is 66.1 Å². The number of carbonyl (C=O) groups is 2. The summed E-state index contributed by atoms with van der Waals surface area (Å²) in [4.78, 5) is 26.9. The van der Waals surface area contributed by atoms with Crippen LogP contribution >= 0.6 is 24.0 Å². The van der Waals surface area contributed by atoms with E-state index in [1.807, 2.05) is 44.2 Å². The predicted molar refractivity (Wildman–Crippen MR) is 111 cm³/mol. The standard InChI is InChI=1S/C20H20N2O3S2/c1-20(2)17(21-16(23)11-10-14-7-4-3-5-8-14)18(24)22(19(26)27-20)13-15-9-6-12-25-15/h3-12,17H,13H2,1-2H3,(H,21,23)/b11-10+. The number of amides is 2. The topological polar surface area (TPSA) is 62.6 Å². The zero-order valence-corrected chi connectivity index (χ0v) is 16.7. The van der Waals surface area contributed by atoms with Crippen molar-refractivity contribution in [2.45, 2.75) is 31.2 Å². The van der Waals surface area contributed by atoms with Gasteiger partial charge in [-0.05, 0) is 37.6 Å². The molecule has 1 aliphatic rings. The summed E-state index contributed by atoms with van der Waals surface area (Å²) >= 11 is 6.81. The number of thioether (sulfide) groups is 1. The van der Waals surface area contributed by atoms with Crippen LogP contribution in [0, 0.1) is 0 Å². The first-order chi connectivity index (χ1) is 12.9. The number of nitrogens with one attached hydrogen (secondary N) is 1. The molecule has 140 valence electrons. The van der Waals surface area contributed by atoms with Gasteiger partial charge in [0.15, 0.2) is 0 Å². The van der Waals surface area contributed by atoms with E-state index in [4.69, 9.17) is 16.6 Å². The number of benzene rings is 1. The van der Waals surface area contributed by atoms with E-state index in [2.05, 4.69) is 5.32 Å². The smallest absolute Gasteiger partial charge is 0.252 e. The van der Waals surface area contributed by atoms with Gasteiger partial charge in [0.05, 0.1) is 12.8 Å². The Labute approximate surface area is 167 Å². The van der Waals surface area contributed by atoms with Crippen molar-refractivity contribution in [3.63, 3.8) is 0 Å². The maximum Gasteiger partial charge on any atom is 0.252 e. The molecule has 3 rings (SSSR count). The fourth-order valence-electron chi connectivity index (χ4n) is 2.75. The Morgan fingerprint density at radius 1 is 1.30 bits per heavy atom. The summed E-state index contributed by atoms with van der Waals surface area (Å²) in [6, 6.07) is 12.4. The van der Waals surface area contributed by atoms with Gasteiger partial charge in [0, 0.05) is 10.8 Å². The zero-order valence-electron chi connectivity index (χ0n) is 15.0. The molecule has 2 heterocycles. The van der Waals surface area contributed by atoms with Gasteiger partial charge in [0.2, 0.25) is 5.91 Å². The van der Waals surface area contributed by atoms with Gasteiger partial charge in [-0.25, -0.2) is 0 Å². The van der Waals surface area contributed by atoms with E-state index in [1.165, 1.54) is 22.7 Å². The highest BCUT2D eigenvalue weighted by Crippen LogP contribution is 2.37. The third-order valence-corrected chi connectivity index (χ3v) is 5.81. The maximum atomic E-state index is 13.0. The van der Waals surface area contributed by atoms with Crippen LogP contribution in [-0.2, 0) is 16.1 Å². The lowest BCUT2D eigenvalue weighted by Crippen LogP contribution is -2.61. The molecule has 1 unspecified atom stereocenters. The third kappa shape index (κ3) is 4.67. The number of carbonyl (C=O) groups excluding carboxylic acids is 2. The Balaban J connectivity index is 1.73. The first kappa shape index (κ1) is 19.4. The quantitative estimate of drug-likeness (QED) is 0.614. The molecule has 1 saturated heterocycles. The molecule has 27 heavy (non-hydrogen) atoms. The summed E-state index contributed by atoms with van der Waals surface area (Å²) in [6.07, 6.45) is 4.71. The van der Waals surface area contributed by atoms with Crippen LogP contribution in [0.3, 0.4) is 0 Å². The molecular formula is C20H20N2O3S2. The van der Waals surface area contributed by atoms with Gasteiger partial charge in [-0.1, -0.05) is 54.3 Å². The summed E-state index contributed by atoms with van der Waals surface area (Å²) in [6.45, 7) is 4.05. The average Bonchev–Trinajstić information content (AvgIpc) is 3.14. The highest BCUT2D eigenvalue weighted by molar-refractivity contribution is 8.24. The SMILES string of the molecule is CC1(C)SC(=S)N(Cc2ccco2)C(=O)C1NC(=O)/C=C/c1ccccc1. The molecule has 1 fully saturated rings. The third-order valence-electron chi connectivity index (χ3n) is 4.19. The summed E-state index contributed by atoms with van der Waals surface area (Å²) in [5.41, 5.74) is 0.914. The van der Waals surface area contributed by atoms with E-state index < -0.39 is 10.8 Å². The molecule has 2 amide bonds. The first-order valence-electron chi connectivity index (χ1n) is 8.47. The van der Waals surface area contributed by atoms with Crippen molar-refractivity contribution in [3.8, 4) is 0 Å². The van der Waals surface area contributed by atoms with Gasteiger partial charge < -0.3 is 9.73 Å². The molecule has 0 saturated carbocycles. The maximum absolute atomic E-state index is 13.0. The second-order valence-corrected chi connectivity index (χ2v) is 8.95. The van der Waals surface area contributed by atoms with Crippen molar-refractivity contribution in [1.82, 2.24) is 10.2 Å². The van der Waals surface area contributed by atoms with Crippen molar-refractivity contribution in [2.75, 3.05) is 0 Å². The van der Waals surface area contributed by atoms with Crippen LogP contribution in [0.15, 0.2) is 59.2 Å². The first-order valence-corrected chi connectivity index (χ1v) is 9.69. The molecule has 2 aromatic rings. The van der Waals surface area contributed by atoms with E-state index in [-0.39, 0.29) is 18.4 Å². The van der Waals surface area contributed by atoms with Crippen LogP contribution in [-0.4, -0.2) is 31.8 Å². The lowest BCUT2D eigenvalue weighted by atomic mass is 10.0. The highest BCUT2D eigenvalue weighted by atomic mass is 32.2. The van der Waals surface area contributed by atoms with Crippen molar-refractivity contribution in [1.29, 1.82) is 0 Å². The molecule has 0 radical (unpaired) electrons. The van der Waals surface area contributed by atoms with E-state index in [9.17, 15) is 9.59 Å². The summed E-state index contributed by atoms with van der Waals surface area (Å²) in [5, 5.41) is 2.83. The van der Waals surface area contributed by atoms with Crippen LogP contribution in [0.2, 0.25) is 0 Å². The molecule has 1 aromatic heterocycles. The molecule has 1 atom stereocenters. The van der Waals surface area contributed by atoms with Crippen LogP contribution < -0.4 is 5.32 Å². The number of rotatable bonds is 5. The van der Waals surface area contributed by atoms with Gasteiger partial charge in [-0.15, -0.1) is 0 Å². The molecule has 0 aliphatic carbocycles. The lowest BCUT2D eigenvalue weighted by Gasteiger charge is -2.42. The second-order valence-electron chi connectivity index (χ2n) is 6.66. The van der Waals surface area contributed by atoms with Gasteiger partial charge in [0.25, 0.3) is 5.91 Å². The largest absolute Gasteiger partial charge is 0.467 e. The Hall–Kier alpha value is -2.38. The molecule has 0 bridgehead atoms. The van der Waals surface area contributed by atoms with E-state index in [0.717, 1.165) is 5.56 Å². The number of nitrogens with zero attached hydrogens (tertiary/aromatic N) is 1. The minimum Gasteiger partial charge on any atom is -0.467 e. The van der Waals surface area contributed by atoms with Gasteiger partial charge in [0.1, 0.15) is 16.1 Å². The van der Waals surface area contributed by atoms with Crippen LogP contribution in [0.4, 0.5) is 0 Å². The van der Waals surface area contributed by atoms with Crippen molar-refractivity contribution < 1.29 is 14.0 Å². The summed E-state index contributed by atoms with van der Waals surface area (Å²) < 4.78 is 5.25. The second kappa shape index (κ2) is 8.10. The van der Waals surface area contributed by atoms with Crippen LogP contribution in [0.1, 0.15) is 25.2 Å².